The number of aromatic nitrogens is 2. The zero-order valence-corrected chi connectivity index (χ0v) is 14.3. The third-order valence-electron chi connectivity index (χ3n) is 4.48. The molecule has 6 heteroatoms. The van der Waals surface area contributed by atoms with E-state index in [0.717, 1.165) is 30.8 Å². The molecule has 5 nitrogen and oxygen atoms in total. The molecular weight excluding hydrogens is 322 g/mol. The Kier molecular flexibility index (Phi) is 3.92. The summed E-state index contributed by atoms with van der Waals surface area (Å²) in [5, 5.41) is 0. The second-order valence-electron chi connectivity index (χ2n) is 6.49. The van der Waals surface area contributed by atoms with Crippen molar-refractivity contribution in [3.05, 3.63) is 54.0 Å². The van der Waals surface area contributed by atoms with Gasteiger partial charge in [-0.25, -0.2) is 4.98 Å². The normalized spacial score (nSPS) is 21.5. The van der Waals surface area contributed by atoms with Crippen molar-refractivity contribution in [2.45, 2.75) is 24.2 Å². The van der Waals surface area contributed by atoms with Crippen LogP contribution in [-0.4, -0.2) is 50.5 Å². The van der Waals surface area contributed by atoms with Crippen molar-refractivity contribution in [2.24, 2.45) is 0 Å². The molecule has 1 atom stereocenters. The Morgan fingerprint density at radius 3 is 2.92 bits per heavy atom. The third-order valence-corrected chi connectivity index (χ3v) is 6.06. The maximum Gasteiger partial charge on any atom is 0.272 e. The van der Waals surface area contributed by atoms with Gasteiger partial charge in [0.2, 0.25) is 5.88 Å². The van der Waals surface area contributed by atoms with E-state index in [9.17, 15) is 4.79 Å². The summed E-state index contributed by atoms with van der Waals surface area (Å²) in [5.74, 6) is 1.65. The minimum Gasteiger partial charge on any atom is -0.473 e. The molecule has 0 N–H and O–H groups in total. The quantitative estimate of drug-likeness (QED) is 0.859. The number of ether oxygens (including phenoxy) is 1. The maximum atomic E-state index is 12.5. The summed E-state index contributed by atoms with van der Waals surface area (Å²) in [6.45, 7) is 3.52. The number of carbonyl (C=O) groups excluding carboxylic acids is 1. The minimum absolute atomic E-state index is 0.0269. The molecule has 2 saturated heterocycles. The van der Waals surface area contributed by atoms with E-state index in [1.54, 1.807) is 12.4 Å². The van der Waals surface area contributed by atoms with E-state index in [-0.39, 0.29) is 16.8 Å². The average Bonchev–Trinajstić information content (AvgIpc) is 2.98. The van der Waals surface area contributed by atoms with Crippen LogP contribution in [0.4, 0.5) is 0 Å². The molecule has 2 aliphatic rings. The van der Waals surface area contributed by atoms with Gasteiger partial charge < -0.3 is 9.64 Å². The number of thioether (sulfide) groups is 1. The molecule has 2 aromatic rings. The molecule has 24 heavy (non-hydrogen) atoms. The average molecular weight is 341 g/mol. The Hall–Kier alpha value is -2.08. The molecule has 1 amide bonds. The fourth-order valence-corrected chi connectivity index (χ4v) is 4.82. The number of likely N-dealkylation sites (tertiary alicyclic amines) is 1. The van der Waals surface area contributed by atoms with Crippen LogP contribution in [0.2, 0.25) is 0 Å². The molecule has 124 valence electrons. The van der Waals surface area contributed by atoms with Crippen molar-refractivity contribution in [1.82, 2.24) is 14.9 Å². The van der Waals surface area contributed by atoms with Crippen LogP contribution >= 0.6 is 11.8 Å². The largest absolute Gasteiger partial charge is 0.473 e. The topological polar surface area (TPSA) is 55.3 Å². The fraction of sp³-hybridized carbons (Fsp3) is 0.389. The first-order valence-corrected chi connectivity index (χ1v) is 9.06. The van der Waals surface area contributed by atoms with Crippen molar-refractivity contribution >= 4 is 17.7 Å². The summed E-state index contributed by atoms with van der Waals surface area (Å²) in [6, 6.07) is 9.45. The summed E-state index contributed by atoms with van der Waals surface area (Å²) >= 11 is 1.91. The zero-order valence-electron chi connectivity index (χ0n) is 13.5. The highest BCUT2D eigenvalue weighted by Gasteiger charge is 2.51. The number of amides is 1. The van der Waals surface area contributed by atoms with Crippen LogP contribution in [0.1, 0.15) is 22.5 Å². The molecule has 0 aromatic carbocycles. The number of hydrogen-bond donors (Lipinski definition) is 0. The molecule has 4 heterocycles. The van der Waals surface area contributed by atoms with Gasteiger partial charge >= 0.3 is 0 Å². The molecule has 0 unspecified atom stereocenters. The Morgan fingerprint density at radius 1 is 1.29 bits per heavy atom. The van der Waals surface area contributed by atoms with Gasteiger partial charge in [-0.05, 0) is 30.7 Å². The van der Waals surface area contributed by atoms with Crippen LogP contribution in [0.15, 0.2) is 42.7 Å². The highest BCUT2D eigenvalue weighted by Crippen LogP contribution is 2.46. The second kappa shape index (κ2) is 6.09. The summed E-state index contributed by atoms with van der Waals surface area (Å²) < 4.78 is 6.09. The van der Waals surface area contributed by atoms with Crippen molar-refractivity contribution < 1.29 is 9.53 Å². The van der Waals surface area contributed by atoms with Crippen LogP contribution in [0.25, 0.3) is 0 Å². The van der Waals surface area contributed by atoms with Gasteiger partial charge in [-0.1, -0.05) is 6.07 Å². The highest BCUT2D eigenvalue weighted by atomic mass is 32.2. The van der Waals surface area contributed by atoms with Gasteiger partial charge in [0.25, 0.3) is 5.91 Å². The number of nitrogens with zero attached hydrogens (tertiary/aromatic N) is 3. The molecular formula is C18H19N3O2S. The summed E-state index contributed by atoms with van der Waals surface area (Å²) in [6.07, 6.45) is 4.56. The molecule has 2 aliphatic heterocycles. The first kappa shape index (κ1) is 15.4. The monoisotopic (exact) mass is 341 g/mol. The van der Waals surface area contributed by atoms with Crippen molar-refractivity contribution in [1.29, 1.82) is 0 Å². The standard InChI is InChI=1S/C18H19N3O2S/c1-13-5-7-19-15(8-13)17(22)21-11-18(12-21)9-14(10-24-18)23-16-4-2-3-6-20-16/h2-8,14H,9-12H2,1H3/t14-/m0/s1. The minimum atomic E-state index is 0.0269. The van der Waals surface area contributed by atoms with E-state index < -0.39 is 0 Å². The van der Waals surface area contributed by atoms with Gasteiger partial charge in [0.15, 0.2) is 0 Å². The van der Waals surface area contributed by atoms with Crippen LogP contribution < -0.4 is 4.74 Å². The molecule has 2 aromatic heterocycles. The Bertz CT molecular complexity index is 747. The lowest BCUT2D eigenvalue weighted by Crippen LogP contribution is -2.61. The predicted octanol–water partition coefficient (Wildman–Crippen LogP) is 2.56. The lowest BCUT2D eigenvalue weighted by atomic mass is 9.92. The lowest BCUT2D eigenvalue weighted by Gasteiger charge is -2.47. The van der Waals surface area contributed by atoms with E-state index in [1.807, 2.05) is 53.9 Å². The van der Waals surface area contributed by atoms with Crippen molar-refractivity contribution in [2.75, 3.05) is 18.8 Å². The third kappa shape index (κ3) is 2.98. The van der Waals surface area contributed by atoms with Gasteiger partial charge in [0.1, 0.15) is 11.8 Å². The molecule has 4 rings (SSSR count). The predicted molar refractivity (Wildman–Crippen MR) is 93.3 cm³/mol. The number of pyridine rings is 2. The van der Waals surface area contributed by atoms with E-state index >= 15 is 0 Å². The van der Waals surface area contributed by atoms with Crippen LogP contribution in [0, 0.1) is 6.92 Å². The fourth-order valence-electron chi connectivity index (χ4n) is 3.29. The van der Waals surface area contributed by atoms with Crippen molar-refractivity contribution in [3.8, 4) is 5.88 Å². The van der Waals surface area contributed by atoms with E-state index in [1.165, 1.54) is 0 Å². The lowest BCUT2D eigenvalue weighted by molar-refractivity contribution is 0.0510. The molecule has 0 aliphatic carbocycles. The Labute approximate surface area is 145 Å². The van der Waals surface area contributed by atoms with E-state index in [0.29, 0.717) is 11.6 Å². The number of carbonyl (C=O) groups is 1. The van der Waals surface area contributed by atoms with Gasteiger partial charge in [-0.3, -0.25) is 9.78 Å². The first-order chi connectivity index (χ1) is 11.6. The smallest absolute Gasteiger partial charge is 0.272 e. The SMILES string of the molecule is Cc1ccnc(C(=O)N2CC3(C[C@H](Oc4ccccn4)CS3)C2)c1. The molecule has 0 radical (unpaired) electrons. The van der Waals surface area contributed by atoms with Gasteiger partial charge in [-0.2, -0.15) is 0 Å². The number of aryl methyl sites for hydroxylation is 1. The molecule has 2 fully saturated rings. The van der Waals surface area contributed by atoms with Crippen LogP contribution in [0.5, 0.6) is 5.88 Å². The molecule has 1 spiro atoms. The summed E-state index contributed by atoms with van der Waals surface area (Å²) in [5.41, 5.74) is 1.59. The Balaban J connectivity index is 1.34. The van der Waals surface area contributed by atoms with Gasteiger partial charge in [0.05, 0.1) is 4.75 Å². The van der Waals surface area contributed by atoms with Gasteiger partial charge in [0, 0.05) is 43.7 Å². The van der Waals surface area contributed by atoms with E-state index in [2.05, 4.69) is 9.97 Å². The zero-order chi connectivity index (χ0) is 16.6. The summed E-state index contributed by atoms with van der Waals surface area (Å²) in [7, 11) is 0. The number of rotatable bonds is 3. The van der Waals surface area contributed by atoms with Crippen molar-refractivity contribution in [3.63, 3.8) is 0 Å². The van der Waals surface area contributed by atoms with E-state index in [4.69, 9.17) is 4.74 Å². The summed E-state index contributed by atoms with van der Waals surface area (Å²) in [4.78, 5) is 22.8. The second-order valence-corrected chi connectivity index (χ2v) is 7.97. The van der Waals surface area contributed by atoms with Crippen LogP contribution in [-0.2, 0) is 0 Å². The number of hydrogen-bond acceptors (Lipinski definition) is 5. The van der Waals surface area contributed by atoms with Crippen LogP contribution in [0.3, 0.4) is 0 Å². The maximum absolute atomic E-state index is 12.5. The first-order valence-electron chi connectivity index (χ1n) is 8.07. The highest BCUT2D eigenvalue weighted by molar-refractivity contribution is 8.01. The molecule has 0 saturated carbocycles. The Morgan fingerprint density at radius 2 is 2.17 bits per heavy atom. The molecule has 0 bridgehead atoms. The van der Waals surface area contributed by atoms with Gasteiger partial charge in [-0.15, -0.1) is 11.8 Å².